The van der Waals surface area contributed by atoms with Gasteiger partial charge in [0.1, 0.15) is 0 Å². The molecule has 2 radical (unpaired) electrons. The first-order chi connectivity index (χ1) is 5.95. The first kappa shape index (κ1) is 8.04. The highest BCUT2D eigenvalue weighted by Gasteiger charge is 1.97. The number of H-pyrrole nitrogens is 2. The fourth-order valence-electron chi connectivity index (χ4n) is 0.874. The first-order valence-electron chi connectivity index (χ1n) is 3.64. The van der Waals surface area contributed by atoms with Gasteiger partial charge in [-0.1, -0.05) is 0 Å². The predicted octanol–water partition coefficient (Wildman–Crippen LogP) is 2.10. The van der Waals surface area contributed by atoms with Gasteiger partial charge in [0.2, 0.25) is 0 Å². The summed E-state index contributed by atoms with van der Waals surface area (Å²) in [6, 6.07) is 8.23. The zero-order chi connectivity index (χ0) is 8.23. The van der Waals surface area contributed by atoms with E-state index >= 15 is 0 Å². The number of hydrogen-bond acceptors (Lipinski definition) is 0. The molecule has 0 saturated heterocycles. The van der Waals surface area contributed by atoms with Gasteiger partial charge < -0.3 is 9.97 Å². The molecule has 0 aliphatic heterocycles. The third kappa shape index (κ3) is 1.97. The molecule has 0 spiro atoms. The lowest BCUT2D eigenvalue weighted by Crippen LogP contribution is -1.94. The van der Waals surface area contributed by atoms with Crippen molar-refractivity contribution in [3.63, 3.8) is 0 Å². The molecule has 2 nitrogen and oxygen atoms in total. The van der Waals surface area contributed by atoms with Gasteiger partial charge in [-0.2, -0.15) is 0 Å². The second-order valence-electron chi connectivity index (χ2n) is 2.31. The Morgan fingerprint density at radius 1 is 0.833 bits per heavy atom. The summed E-state index contributed by atoms with van der Waals surface area (Å²) in [4.78, 5) is 6.33. The maximum absolute atomic E-state index is 3.17. The largest absolute Gasteiger partial charge is 0.361 e. The monoisotopic (exact) mass is 194 g/mol. The van der Waals surface area contributed by atoms with Crippen molar-refractivity contribution in [1.29, 1.82) is 0 Å². The van der Waals surface area contributed by atoms with Gasteiger partial charge in [0.05, 0.1) is 0 Å². The van der Waals surface area contributed by atoms with Crippen LogP contribution in [-0.2, 0) is 0 Å². The molecule has 0 atom stereocenters. The number of rotatable bonds is 3. The topological polar surface area (TPSA) is 31.6 Å². The summed E-state index contributed by atoms with van der Waals surface area (Å²) in [6.45, 7) is 0. The smallest absolute Gasteiger partial charge is 0.0487 e. The van der Waals surface area contributed by atoms with Gasteiger partial charge in [0.15, 0.2) is 0 Å². The highest BCUT2D eigenvalue weighted by atomic mass is 32.0. The van der Waals surface area contributed by atoms with Crippen molar-refractivity contribution in [3.8, 4) is 0 Å². The van der Waals surface area contributed by atoms with Gasteiger partial charge in [0.25, 0.3) is 0 Å². The molecule has 0 aliphatic rings. The summed E-state index contributed by atoms with van der Waals surface area (Å²) in [6.07, 6.45) is 3.90. The Bertz CT molecular complexity index is 278. The molecule has 12 heavy (non-hydrogen) atoms. The van der Waals surface area contributed by atoms with Crippen LogP contribution in [0.5, 0.6) is 0 Å². The standard InChI is InChI=1S/C8H8N2P2/c1-3-7(9-5-1)11-12-8-4-2-6-10-8/h1-6,9-10H. The van der Waals surface area contributed by atoms with E-state index in [2.05, 4.69) is 22.1 Å². The average molecular weight is 194 g/mol. The highest BCUT2D eigenvalue weighted by molar-refractivity contribution is 8.18. The third-order valence-corrected chi connectivity index (χ3v) is 4.11. The van der Waals surface area contributed by atoms with Crippen molar-refractivity contribution in [3.05, 3.63) is 36.7 Å². The fraction of sp³-hybridized carbons (Fsp3) is 0. The molecule has 2 aromatic rings. The summed E-state index contributed by atoms with van der Waals surface area (Å²) >= 11 is 0. The predicted molar refractivity (Wildman–Crippen MR) is 54.7 cm³/mol. The summed E-state index contributed by atoms with van der Waals surface area (Å²) in [7, 11) is 2.58. The lowest BCUT2D eigenvalue weighted by atomic mass is 10.7. The summed E-state index contributed by atoms with van der Waals surface area (Å²) in [5.74, 6) is 0. The SMILES string of the molecule is c1c[nH]c([P][P]c2ccc[nH]2)c1. The van der Waals surface area contributed by atoms with E-state index in [1.165, 1.54) is 27.4 Å². The normalized spacial score (nSPS) is 12.3. The second-order valence-corrected chi connectivity index (χ2v) is 4.87. The summed E-state index contributed by atoms with van der Waals surface area (Å²) in [5, 5.41) is 0. The maximum atomic E-state index is 3.17. The summed E-state index contributed by atoms with van der Waals surface area (Å²) in [5.41, 5.74) is 2.51. The van der Waals surface area contributed by atoms with Crippen molar-refractivity contribution in [2.24, 2.45) is 0 Å². The van der Waals surface area contributed by atoms with E-state index in [1.54, 1.807) is 0 Å². The molecule has 0 fully saturated rings. The fourth-order valence-corrected chi connectivity index (χ4v) is 3.05. The van der Waals surface area contributed by atoms with Crippen LogP contribution in [0.1, 0.15) is 0 Å². The zero-order valence-electron chi connectivity index (χ0n) is 6.36. The molecule has 4 heteroatoms. The molecular formula is C8H8N2P2. The van der Waals surface area contributed by atoms with Crippen LogP contribution in [0, 0.1) is 0 Å². The van der Waals surface area contributed by atoms with Crippen LogP contribution in [-0.4, -0.2) is 9.97 Å². The van der Waals surface area contributed by atoms with Crippen LogP contribution in [0.25, 0.3) is 0 Å². The minimum Gasteiger partial charge on any atom is -0.361 e. The van der Waals surface area contributed by atoms with Crippen LogP contribution in [0.2, 0.25) is 0 Å². The Morgan fingerprint density at radius 3 is 1.67 bits per heavy atom. The van der Waals surface area contributed by atoms with Crippen molar-refractivity contribution >= 4 is 27.4 Å². The number of hydrogen-bond donors (Lipinski definition) is 2. The van der Waals surface area contributed by atoms with Crippen LogP contribution >= 0.6 is 16.5 Å². The van der Waals surface area contributed by atoms with Gasteiger partial charge in [-0.25, -0.2) is 0 Å². The van der Waals surface area contributed by atoms with E-state index in [0.717, 1.165) is 0 Å². The van der Waals surface area contributed by atoms with Crippen LogP contribution in [0.3, 0.4) is 0 Å². The van der Waals surface area contributed by atoms with Gasteiger partial charge in [-0.05, 0) is 24.3 Å². The van der Waals surface area contributed by atoms with Crippen molar-refractivity contribution in [2.75, 3.05) is 0 Å². The van der Waals surface area contributed by atoms with E-state index in [4.69, 9.17) is 0 Å². The first-order valence-corrected chi connectivity index (χ1v) is 6.13. The number of nitrogens with one attached hydrogen (secondary N) is 2. The van der Waals surface area contributed by atoms with Gasteiger partial charge in [-0.3, -0.25) is 0 Å². The maximum Gasteiger partial charge on any atom is 0.0487 e. The molecular weight excluding hydrogens is 186 g/mol. The molecule has 2 heterocycles. The van der Waals surface area contributed by atoms with Crippen molar-refractivity contribution < 1.29 is 0 Å². The minimum absolute atomic E-state index is 1.26. The lowest BCUT2D eigenvalue weighted by Gasteiger charge is -1.93. The van der Waals surface area contributed by atoms with Crippen LogP contribution in [0.15, 0.2) is 36.7 Å². The second kappa shape index (κ2) is 3.89. The van der Waals surface area contributed by atoms with Gasteiger partial charge in [-0.15, -0.1) is 0 Å². The van der Waals surface area contributed by atoms with Gasteiger partial charge >= 0.3 is 0 Å². The quantitative estimate of drug-likeness (QED) is 0.701. The zero-order valence-corrected chi connectivity index (χ0v) is 8.15. The van der Waals surface area contributed by atoms with E-state index in [-0.39, 0.29) is 0 Å². The number of aromatic amines is 2. The molecule has 0 aliphatic carbocycles. The van der Waals surface area contributed by atoms with Crippen molar-refractivity contribution in [2.45, 2.75) is 0 Å². The molecule has 0 aromatic carbocycles. The van der Waals surface area contributed by atoms with Crippen molar-refractivity contribution in [1.82, 2.24) is 9.97 Å². The molecule has 2 rings (SSSR count). The van der Waals surface area contributed by atoms with Gasteiger partial charge in [0, 0.05) is 39.8 Å². The Hall–Kier alpha value is -0.580. The van der Waals surface area contributed by atoms with Crippen LogP contribution < -0.4 is 10.9 Å². The molecule has 2 aromatic heterocycles. The number of aromatic nitrogens is 2. The van der Waals surface area contributed by atoms with E-state index in [1.807, 2.05) is 24.5 Å². The molecule has 0 bridgehead atoms. The Balaban J connectivity index is 1.91. The third-order valence-electron chi connectivity index (χ3n) is 1.43. The van der Waals surface area contributed by atoms with E-state index in [9.17, 15) is 0 Å². The van der Waals surface area contributed by atoms with E-state index in [0.29, 0.717) is 0 Å². The molecule has 0 saturated carbocycles. The minimum atomic E-state index is 1.26. The lowest BCUT2D eigenvalue weighted by molar-refractivity contribution is 1.47. The molecule has 0 unspecified atom stereocenters. The van der Waals surface area contributed by atoms with Crippen LogP contribution in [0.4, 0.5) is 0 Å². The highest BCUT2D eigenvalue weighted by Crippen LogP contribution is 2.33. The molecule has 60 valence electrons. The van der Waals surface area contributed by atoms with E-state index < -0.39 is 0 Å². The Labute approximate surface area is 74.6 Å². The summed E-state index contributed by atoms with van der Waals surface area (Å²) < 4.78 is 0. The Morgan fingerprint density at radius 2 is 1.33 bits per heavy atom. The molecule has 0 amide bonds. The average Bonchev–Trinajstić information content (AvgIpc) is 2.74. The Kier molecular flexibility index (Phi) is 2.60. The molecule has 2 N–H and O–H groups in total.